The maximum absolute atomic E-state index is 12.1. The van der Waals surface area contributed by atoms with Crippen molar-refractivity contribution in [2.24, 2.45) is 0 Å². The maximum atomic E-state index is 12.1. The van der Waals surface area contributed by atoms with Crippen molar-refractivity contribution in [3.05, 3.63) is 101 Å². The van der Waals surface area contributed by atoms with Crippen molar-refractivity contribution in [1.29, 1.82) is 0 Å². The lowest BCUT2D eigenvalue weighted by molar-refractivity contribution is 0.122. The summed E-state index contributed by atoms with van der Waals surface area (Å²) in [6.07, 6.45) is 0. The van der Waals surface area contributed by atoms with E-state index in [0.717, 1.165) is 33.9 Å². The minimum absolute atomic E-state index is 0.869. The van der Waals surface area contributed by atoms with Gasteiger partial charge in [0.15, 0.2) is 0 Å². The van der Waals surface area contributed by atoms with Crippen LogP contribution in [0.1, 0.15) is 27.8 Å². The molecule has 26 heavy (non-hydrogen) atoms. The minimum atomic E-state index is -1.13. The van der Waals surface area contributed by atoms with E-state index in [1.807, 2.05) is 18.2 Å². The van der Waals surface area contributed by atoms with Crippen molar-refractivity contribution in [3.63, 3.8) is 0 Å². The maximum Gasteiger partial charge on any atom is 0.141 e. The number of hydrogen-bond acceptors (Lipinski definition) is 3. The number of thioether (sulfide) groups is 1. The van der Waals surface area contributed by atoms with Gasteiger partial charge in [-0.25, -0.2) is 0 Å². The molecule has 0 amide bonds. The summed E-state index contributed by atoms with van der Waals surface area (Å²) in [5.74, 6) is 0.869. The molecule has 0 fully saturated rings. The number of rotatable bonds is 3. The van der Waals surface area contributed by atoms with E-state index in [1.165, 1.54) is 11.1 Å². The number of fused-ring (bicyclic) bond motifs is 2. The molecule has 132 valence electrons. The molecule has 3 heteroatoms. The monoisotopic (exact) mass is 361 g/mol. The lowest BCUT2D eigenvalue weighted by atomic mass is 9.78. The third-order valence-corrected chi connectivity index (χ3v) is 6.06. The highest BCUT2D eigenvalue weighted by Crippen LogP contribution is 2.46. The van der Waals surface area contributed by atoms with Crippen LogP contribution in [0.5, 0.6) is 0 Å². The SMILES string of the molecule is CN(C)Cc1ccc([C@@]2(O)c3ccccc3CSc3ccccc32)cc1. The minimum Gasteiger partial charge on any atom is -0.376 e. The van der Waals surface area contributed by atoms with Gasteiger partial charge in [-0.1, -0.05) is 66.7 Å². The van der Waals surface area contributed by atoms with Gasteiger partial charge in [0.1, 0.15) is 5.60 Å². The molecule has 0 aromatic heterocycles. The highest BCUT2D eigenvalue weighted by molar-refractivity contribution is 7.98. The molecule has 0 aliphatic carbocycles. The second-order valence-electron chi connectivity index (χ2n) is 7.09. The first-order chi connectivity index (χ1) is 12.6. The Labute approximate surface area is 159 Å². The molecule has 0 saturated heterocycles. The van der Waals surface area contributed by atoms with Crippen molar-refractivity contribution >= 4 is 11.8 Å². The predicted octanol–water partition coefficient (Wildman–Crippen LogP) is 4.64. The van der Waals surface area contributed by atoms with Crippen LogP contribution in [0.2, 0.25) is 0 Å². The van der Waals surface area contributed by atoms with E-state index >= 15 is 0 Å². The lowest BCUT2D eigenvalue weighted by Crippen LogP contribution is -2.30. The van der Waals surface area contributed by atoms with E-state index in [9.17, 15) is 5.11 Å². The van der Waals surface area contributed by atoms with Crippen LogP contribution in [0.3, 0.4) is 0 Å². The summed E-state index contributed by atoms with van der Waals surface area (Å²) in [6.45, 7) is 0.891. The predicted molar refractivity (Wildman–Crippen MR) is 108 cm³/mol. The van der Waals surface area contributed by atoms with E-state index < -0.39 is 5.60 Å². The van der Waals surface area contributed by atoms with Crippen molar-refractivity contribution in [3.8, 4) is 0 Å². The van der Waals surface area contributed by atoms with Crippen LogP contribution < -0.4 is 0 Å². The van der Waals surface area contributed by atoms with Gasteiger partial charge in [-0.15, -0.1) is 11.8 Å². The van der Waals surface area contributed by atoms with Gasteiger partial charge in [0.25, 0.3) is 0 Å². The van der Waals surface area contributed by atoms with Gasteiger partial charge in [-0.3, -0.25) is 0 Å². The first-order valence-corrected chi connectivity index (χ1v) is 9.85. The molecular formula is C23H23NOS. The zero-order chi connectivity index (χ0) is 18.1. The second-order valence-corrected chi connectivity index (χ2v) is 8.10. The molecule has 3 aromatic rings. The normalized spacial score (nSPS) is 18.9. The smallest absolute Gasteiger partial charge is 0.141 e. The quantitative estimate of drug-likeness (QED) is 0.735. The van der Waals surface area contributed by atoms with Crippen LogP contribution in [0.25, 0.3) is 0 Å². The van der Waals surface area contributed by atoms with E-state index in [-0.39, 0.29) is 0 Å². The zero-order valence-electron chi connectivity index (χ0n) is 15.1. The summed E-state index contributed by atoms with van der Waals surface area (Å²) in [5.41, 5.74) is 4.17. The number of aliphatic hydroxyl groups is 1. The van der Waals surface area contributed by atoms with Crippen LogP contribution in [-0.4, -0.2) is 24.1 Å². The summed E-state index contributed by atoms with van der Waals surface area (Å²) >= 11 is 1.79. The third kappa shape index (κ3) is 2.96. The molecule has 4 rings (SSSR count). The average molecular weight is 362 g/mol. The summed E-state index contributed by atoms with van der Waals surface area (Å²) in [7, 11) is 4.13. The lowest BCUT2D eigenvalue weighted by Gasteiger charge is -2.31. The Morgan fingerprint density at radius 2 is 1.54 bits per heavy atom. The fourth-order valence-electron chi connectivity index (χ4n) is 3.72. The van der Waals surface area contributed by atoms with E-state index in [2.05, 4.69) is 73.6 Å². The number of hydrogen-bond donors (Lipinski definition) is 1. The van der Waals surface area contributed by atoms with E-state index in [4.69, 9.17) is 0 Å². The van der Waals surface area contributed by atoms with E-state index in [0.29, 0.717) is 0 Å². The summed E-state index contributed by atoms with van der Waals surface area (Å²) in [4.78, 5) is 3.29. The highest BCUT2D eigenvalue weighted by atomic mass is 32.2. The Balaban J connectivity index is 1.90. The third-order valence-electron chi connectivity index (χ3n) is 4.94. The summed E-state index contributed by atoms with van der Waals surface area (Å²) in [6, 6.07) is 24.9. The largest absolute Gasteiger partial charge is 0.376 e. The molecule has 1 N–H and O–H groups in total. The molecule has 1 aliphatic heterocycles. The van der Waals surface area contributed by atoms with Crippen LogP contribution >= 0.6 is 11.8 Å². The van der Waals surface area contributed by atoms with E-state index in [1.54, 1.807) is 11.8 Å². The second kappa shape index (κ2) is 6.92. The number of benzene rings is 3. The fourth-order valence-corrected chi connectivity index (χ4v) is 4.83. The highest BCUT2D eigenvalue weighted by Gasteiger charge is 2.39. The Bertz CT molecular complexity index is 870. The van der Waals surface area contributed by atoms with Crippen molar-refractivity contribution in [2.45, 2.75) is 22.8 Å². The molecular weight excluding hydrogens is 338 g/mol. The van der Waals surface area contributed by atoms with Gasteiger partial charge < -0.3 is 10.0 Å². The molecule has 0 radical (unpaired) electrons. The molecule has 1 heterocycles. The molecule has 0 unspecified atom stereocenters. The summed E-state index contributed by atoms with van der Waals surface area (Å²) in [5, 5.41) is 12.1. The van der Waals surface area contributed by atoms with Gasteiger partial charge in [0.05, 0.1) is 0 Å². The van der Waals surface area contributed by atoms with Gasteiger partial charge in [-0.2, -0.15) is 0 Å². The van der Waals surface area contributed by atoms with Crippen LogP contribution in [0.4, 0.5) is 0 Å². The molecule has 1 aliphatic rings. The molecule has 0 saturated carbocycles. The van der Waals surface area contributed by atoms with Crippen LogP contribution in [-0.2, 0) is 17.9 Å². The van der Waals surface area contributed by atoms with Crippen LogP contribution in [0, 0.1) is 0 Å². The van der Waals surface area contributed by atoms with Crippen molar-refractivity contribution in [1.82, 2.24) is 4.90 Å². The zero-order valence-corrected chi connectivity index (χ0v) is 16.0. The van der Waals surface area contributed by atoms with Crippen molar-refractivity contribution in [2.75, 3.05) is 14.1 Å². The Kier molecular flexibility index (Phi) is 4.62. The molecule has 0 bridgehead atoms. The summed E-state index contributed by atoms with van der Waals surface area (Å²) < 4.78 is 0. The Hall–Kier alpha value is -2.07. The fraction of sp³-hybridized carbons (Fsp3) is 0.217. The number of nitrogens with zero attached hydrogens (tertiary/aromatic N) is 1. The standard InChI is InChI=1S/C23H23NOS/c1-24(2)15-17-11-13-19(14-12-17)23(25)20-8-4-3-7-18(20)16-26-22-10-6-5-9-21(22)23/h3-14,25H,15-16H2,1-2H3/t23-/m1/s1. The van der Waals surface area contributed by atoms with Crippen LogP contribution in [0.15, 0.2) is 77.7 Å². The molecule has 0 spiro atoms. The molecule has 3 aromatic carbocycles. The van der Waals surface area contributed by atoms with Crippen molar-refractivity contribution < 1.29 is 5.11 Å². The van der Waals surface area contributed by atoms with Gasteiger partial charge in [-0.05, 0) is 42.4 Å². The van der Waals surface area contributed by atoms with Gasteiger partial charge in [0.2, 0.25) is 0 Å². The Morgan fingerprint density at radius 3 is 2.27 bits per heavy atom. The Morgan fingerprint density at radius 1 is 0.885 bits per heavy atom. The van der Waals surface area contributed by atoms with Gasteiger partial charge in [0, 0.05) is 22.8 Å². The molecule has 2 nitrogen and oxygen atoms in total. The average Bonchev–Trinajstić information content (AvgIpc) is 2.78. The van der Waals surface area contributed by atoms with Gasteiger partial charge >= 0.3 is 0 Å². The first kappa shape index (κ1) is 17.3. The topological polar surface area (TPSA) is 23.5 Å². The first-order valence-electron chi connectivity index (χ1n) is 8.86. The molecule has 1 atom stereocenters.